The van der Waals surface area contributed by atoms with Crippen molar-refractivity contribution >= 4 is 44.2 Å². The molecule has 0 bridgehead atoms. The van der Waals surface area contributed by atoms with Crippen LogP contribution in [0.1, 0.15) is 15.9 Å². The summed E-state index contributed by atoms with van der Waals surface area (Å²) in [5, 5.41) is 2.63. The molecule has 0 saturated carbocycles. The van der Waals surface area contributed by atoms with Gasteiger partial charge < -0.3 is 10.5 Å². The molecule has 0 atom stereocenters. The first kappa shape index (κ1) is 15.8. The van der Waals surface area contributed by atoms with Crippen LogP contribution in [0.2, 0.25) is 5.02 Å². The van der Waals surface area contributed by atoms with Gasteiger partial charge in [-0.1, -0.05) is 54.1 Å². The molecular weight excluding hydrogens is 378 g/mol. The molecule has 3 nitrogen and oxygen atoms in total. The summed E-state index contributed by atoms with van der Waals surface area (Å²) in [5.74, 6) is -0.0437. The van der Waals surface area contributed by atoms with Crippen LogP contribution in [0, 0.1) is 0 Å². The van der Waals surface area contributed by atoms with Gasteiger partial charge in [-0.3, -0.25) is 4.79 Å². The summed E-state index contributed by atoms with van der Waals surface area (Å²) in [6.07, 6.45) is 0. The van der Waals surface area contributed by atoms with Crippen molar-refractivity contribution in [3.8, 4) is 5.75 Å². The molecule has 0 aliphatic rings. The van der Waals surface area contributed by atoms with Crippen LogP contribution in [0.15, 0.2) is 59.1 Å². The van der Waals surface area contributed by atoms with Crippen molar-refractivity contribution < 1.29 is 9.53 Å². The molecule has 23 heavy (non-hydrogen) atoms. The molecule has 3 aromatic carbocycles. The molecule has 0 spiro atoms. The Labute approximate surface area is 147 Å². The topological polar surface area (TPSA) is 52.3 Å². The average molecular weight is 391 g/mol. The SMILES string of the molecule is NC(=O)c1cc(Cl)c(OCc2cccc3ccccc23)c(Br)c1. The Morgan fingerprint density at radius 3 is 2.61 bits per heavy atom. The zero-order valence-electron chi connectivity index (χ0n) is 12.1. The van der Waals surface area contributed by atoms with Crippen molar-refractivity contribution in [2.24, 2.45) is 5.73 Å². The molecule has 0 aliphatic heterocycles. The summed E-state index contributed by atoms with van der Waals surface area (Å²) < 4.78 is 6.46. The number of fused-ring (bicyclic) bond motifs is 1. The van der Waals surface area contributed by atoms with Crippen molar-refractivity contribution in [2.45, 2.75) is 6.61 Å². The smallest absolute Gasteiger partial charge is 0.248 e. The minimum atomic E-state index is -0.534. The minimum Gasteiger partial charge on any atom is -0.486 e. The van der Waals surface area contributed by atoms with Gasteiger partial charge in [-0.2, -0.15) is 0 Å². The lowest BCUT2D eigenvalue weighted by Crippen LogP contribution is -2.11. The molecule has 0 radical (unpaired) electrons. The second-order valence-corrected chi connectivity index (χ2v) is 6.32. The van der Waals surface area contributed by atoms with Gasteiger partial charge in [0.2, 0.25) is 5.91 Å². The van der Waals surface area contributed by atoms with E-state index in [4.69, 9.17) is 22.1 Å². The summed E-state index contributed by atoms with van der Waals surface area (Å²) in [6, 6.07) is 17.3. The van der Waals surface area contributed by atoms with Gasteiger partial charge in [0.25, 0.3) is 0 Å². The molecule has 0 fully saturated rings. The molecule has 5 heteroatoms. The number of carbonyl (C=O) groups excluding carboxylic acids is 1. The summed E-state index contributed by atoms with van der Waals surface area (Å²) in [6.45, 7) is 0.371. The van der Waals surface area contributed by atoms with Gasteiger partial charge in [-0.15, -0.1) is 0 Å². The van der Waals surface area contributed by atoms with E-state index in [2.05, 4.69) is 34.1 Å². The summed E-state index contributed by atoms with van der Waals surface area (Å²) in [7, 11) is 0. The number of nitrogens with two attached hydrogens (primary N) is 1. The van der Waals surface area contributed by atoms with Crippen LogP contribution < -0.4 is 10.5 Å². The molecule has 3 aromatic rings. The van der Waals surface area contributed by atoms with E-state index >= 15 is 0 Å². The van der Waals surface area contributed by atoms with Crippen molar-refractivity contribution in [3.05, 3.63) is 75.2 Å². The van der Waals surface area contributed by atoms with E-state index in [9.17, 15) is 4.79 Å². The summed E-state index contributed by atoms with van der Waals surface area (Å²) in [5.41, 5.74) is 6.66. The lowest BCUT2D eigenvalue weighted by atomic mass is 10.1. The predicted octanol–water partition coefficient (Wildman–Crippen LogP) is 4.93. The Balaban J connectivity index is 1.90. The maximum absolute atomic E-state index is 11.2. The van der Waals surface area contributed by atoms with E-state index in [1.165, 1.54) is 6.07 Å². The Morgan fingerprint density at radius 1 is 1.13 bits per heavy atom. The monoisotopic (exact) mass is 389 g/mol. The fourth-order valence-electron chi connectivity index (χ4n) is 2.41. The number of ether oxygens (including phenoxy) is 1. The first-order valence-corrected chi connectivity index (χ1v) is 8.11. The van der Waals surface area contributed by atoms with Crippen LogP contribution in [0.5, 0.6) is 5.75 Å². The Hall–Kier alpha value is -2.04. The third-order valence-corrected chi connectivity index (χ3v) is 4.40. The Kier molecular flexibility index (Phi) is 4.55. The third kappa shape index (κ3) is 3.33. The van der Waals surface area contributed by atoms with E-state index in [1.54, 1.807) is 6.07 Å². The van der Waals surface area contributed by atoms with Crippen LogP contribution >= 0.6 is 27.5 Å². The first-order valence-electron chi connectivity index (χ1n) is 6.94. The number of hydrogen-bond acceptors (Lipinski definition) is 2. The predicted molar refractivity (Wildman–Crippen MR) is 95.9 cm³/mol. The molecule has 0 unspecified atom stereocenters. The largest absolute Gasteiger partial charge is 0.486 e. The first-order chi connectivity index (χ1) is 11.1. The quantitative estimate of drug-likeness (QED) is 0.686. The van der Waals surface area contributed by atoms with Gasteiger partial charge in [-0.05, 0) is 44.4 Å². The zero-order chi connectivity index (χ0) is 16.4. The number of benzene rings is 3. The Bertz CT molecular complexity index is 867. The van der Waals surface area contributed by atoms with Crippen LogP contribution in [0.3, 0.4) is 0 Å². The maximum atomic E-state index is 11.2. The molecule has 2 N–H and O–H groups in total. The van der Waals surface area contributed by atoms with E-state index in [-0.39, 0.29) is 0 Å². The van der Waals surface area contributed by atoms with Gasteiger partial charge >= 0.3 is 0 Å². The number of primary amides is 1. The zero-order valence-corrected chi connectivity index (χ0v) is 14.4. The molecule has 3 rings (SSSR count). The molecular formula is C18H13BrClNO2. The van der Waals surface area contributed by atoms with Gasteiger partial charge in [0.1, 0.15) is 6.61 Å². The second-order valence-electron chi connectivity index (χ2n) is 5.06. The van der Waals surface area contributed by atoms with E-state index < -0.39 is 5.91 Å². The molecule has 0 aromatic heterocycles. The highest BCUT2D eigenvalue weighted by atomic mass is 79.9. The van der Waals surface area contributed by atoms with Crippen LogP contribution in [0.25, 0.3) is 10.8 Å². The number of carbonyl (C=O) groups is 1. The minimum absolute atomic E-state index is 0.333. The highest BCUT2D eigenvalue weighted by Crippen LogP contribution is 2.35. The molecule has 0 saturated heterocycles. The second kappa shape index (κ2) is 6.60. The van der Waals surface area contributed by atoms with Crippen molar-refractivity contribution in [2.75, 3.05) is 0 Å². The van der Waals surface area contributed by atoms with E-state index in [0.29, 0.717) is 27.4 Å². The fraction of sp³-hybridized carbons (Fsp3) is 0.0556. The summed E-state index contributed by atoms with van der Waals surface area (Å²) >= 11 is 9.57. The summed E-state index contributed by atoms with van der Waals surface area (Å²) in [4.78, 5) is 11.2. The van der Waals surface area contributed by atoms with Gasteiger partial charge in [0.15, 0.2) is 5.75 Å². The molecule has 1 amide bonds. The van der Waals surface area contributed by atoms with Crippen molar-refractivity contribution in [3.63, 3.8) is 0 Å². The van der Waals surface area contributed by atoms with Crippen LogP contribution in [0.4, 0.5) is 0 Å². The van der Waals surface area contributed by atoms with Gasteiger partial charge in [0.05, 0.1) is 9.50 Å². The van der Waals surface area contributed by atoms with Crippen LogP contribution in [-0.4, -0.2) is 5.91 Å². The lowest BCUT2D eigenvalue weighted by Gasteiger charge is -2.12. The van der Waals surface area contributed by atoms with Gasteiger partial charge in [0, 0.05) is 5.56 Å². The standard InChI is InChI=1S/C18H13BrClNO2/c19-15-8-13(18(21)22)9-16(20)17(15)23-10-12-6-3-5-11-4-1-2-7-14(11)12/h1-9H,10H2,(H2,21,22). The number of amides is 1. The average Bonchev–Trinajstić information content (AvgIpc) is 2.54. The lowest BCUT2D eigenvalue weighted by molar-refractivity contribution is 0.1000. The van der Waals surface area contributed by atoms with E-state index in [1.807, 2.05) is 24.3 Å². The fourth-order valence-corrected chi connectivity index (χ4v) is 3.37. The van der Waals surface area contributed by atoms with Crippen molar-refractivity contribution in [1.29, 1.82) is 0 Å². The van der Waals surface area contributed by atoms with Crippen molar-refractivity contribution in [1.82, 2.24) is 0 Å². The maximum Gasteiger partial charge on any atom is 0.248 e. The number of halogens is 2. The van der Waals surface area contributed by atoms with Gasteiger partial charge in [-0.25, -0.2) is 0 Å². The van der Waals surface area contributed by atoms with Crippen LogP contribution in [-0.2, 0) is 6.61 Å². The molecule has 0 heterocycles. The molecule has 0 aliphatic carbocycles. The number of rotatable bonds is 4. The normalized spacial score (nSPS) is 10.7. The molecule has 116 valence electrons. The van der Waals surface area contributed by atoms with E-state index in [0.717, 1.165) is 16.3 Å². The Morgan fingerprint density at radius 2 is 1.87 bits per heavy atom. The number of hydrogen-bond donors (Lipinski definition) is 1. The highest BCUT2D eigenvalue weighted by molar-refractivity contribution is 9.10. The highest BCUT2D eigenvalue weighted by Gasteiger charge is 2.12. The third-order valence-electron chi connectivity index (χ3n) is 3.53.